The first kappa shape index (κ1) is 16.4. The topological polar surface area (TPSA) is 6.48 Å². The van der Waals surface area contributed by atoms with Gasteiger partial charge in [0.15, 0.2) is 0 Å². The van der Waals surface area contributed by atoms with Gasteiger partial charge in [0.05, 0.1) is 0 Å². The standard InChI is InChI=1S/C15H30N2/c1-5-10-16(11-6-2)14-9-15-17(12-7-3)13-8-4/h5-6H,1-2,7-15H2,3-4H3. The predicted molar refractivity (Wildman–Crippen MR) is 78.5 cm³/mol. The van der Waals surface area contributed by atoms with Crippen LogP contribution in [0.3, 0.4) is 0 Å². The summed E-state index contributed by atoms with van der Waals surface area (Å²) in [6.07, 6.45) is 7.69. The Morgan fingerprint density at radius 1 is 0.765 bits per heavy atom. The molecule has 0 aliphatic rings. The SMILES string of the molecule is C=CCN(CC=C)CCCN(CCC)CCC. The molecule has 0 radical (unpaired) electrons. The van der Waals surface area contributed by atoms with Crippen LogP contribution in [-0.4, -0.2) is 49.1 Å². The second-order valence-electron chi connectivity index (χ2n) is 4.53. The zero-order valence-electron chi connectivity index (χ0n) is 11.8. The van der Waals surface area contributed by atoms with Crippen LogP contribution < -0.4 is 0 Å². The summed E-state index contributed by atoms with van der Waals surface area (Å²) in [4.78, 5) is 4.95. The van der Waals surface area contributed by atoms with Gasteiger partial charge in [0.25, 0.3) is 0 Å². The molecule has 0 aromatic rings. The van der Waals surface area contributed by atoms with E-state index >= 15 is 0 Å². The average molecular weight is 238 g/mol. The summed E-state index contributed by atoms with van der Waals surface area (Å²) >= 11 is 0. The molecule has 17 heavy (non-hydrogen) atoms. The highest BCUT2D eigenvalue weighted by molar-refractivity contribution is 4.79. The van der Waals surface area contributed by atoms with E-state index in [1.807, 2.05) is 12.2 Å². The number of nitrogens with zero attached hydrogens (tertiary/aromatic N) is 2. The lowest BCUT2D eigenvalue weighted by Crippen LogP contribution is -2.31. The molecule has 0 atom stereocenters. The molecule has 0 fully saturated rings. The summed E-state index contributed by atoms with van der Waals surface area (Å²) in [5, 5.41) is 0. The Hall–Kier alpha value is -0.600. The minimum absolute atomic E-state index is 0.966. The van der Waals surface area contributed by atoms with Gasteiger partial charge in [0, 0.05) is 19.6 Å². The van der Waals surface area contributed by atoms with E-state index in [-0.39, 0.29) is 0 Å². The lowest BCUT2D eigenvalue weighted by atomic mass is 10.3. The van der Waals surface area contributed by atoms with Crippen molar-refractivity contribution in [3.05, 3.63) is 25.3 Å². The van der Waals surface area contributed by atoms with E-state index in [0.29, 0.717) is 0 Å². The molecule has 0 unspecified atom stereocenters. The molecule has 0 aliphatic carbocycles. The normalized spacial score (nSPS) is 11.1. The number of hydrogen-bond acceptors (Lipinski definition) is 2. The third-order valence-corrected chi connectivity index (χ3v) is 2.80. The van der Waals surface area contributed by atoms with Gasteiger partial charge in [-0.15, -0.1) is 13.2 Å². The first-order chi connectivity index (χ1) is 8.28. The Morgan fingerprint density at radius 2 is 1.24 bits per heavy atom. The fourth-order valence-electron chi connectivity index (χ4n) is 2.11. The van der Waals surface area contributed by atoms with Gasteiger partial charge in [0.2, 0.25) is 0 Å². The maximum atomic E-state index is 3.80. The van der Waals surface area contributed by atoms with Gasteiger partial charge in [-0.05, 0) is 38.9 Å². The summed E-state index contributed by atoms with van der Waals surface area (Å²) in [7, 11) is 0. The Bertz CT molecular complexity index is 173. The summed E-state index contributed by atoms with van der Waals surface area (Å²) in [5.74, 6) is 0. The van der Waals surface area contributed by atoms with E-state index in [9.17, 15) is 0 Å². The van der Waals surface area contributed by atoms with Crippen molar-refractivity contribution in [2.45, 2.75) is 33.1 Å². The highest BCUT2D eigenvalue weighted by atomic mass is 15.1. The monoisotopic (exact) mass is 238 g/mol. The summed E-state index contributed by atoms with van der Waals surface area (Å²) in [5.41, 5.74) is 0. The zero-order chi connectivity index (χ0) is 12.9. The van der Waals surface area contributed by atoms with Crippen molar-refractivity contribution >= 4 is 0 Å². The second-order valence-corrected chi connectivity index (χ2v) is 4.53. The lowest BCUT2D eigenvalue weighted by molar-refractivity contribution is 0.245. The summed E-state index contributed by atoms with van der Waals surface area (Å²) in [6.45, 7) is 18.9. The molecular weight excluding hydrogens is 208 g/mol. The molecule has 2 nitrogen and oxygen atoms in total. The van der Waals surface area contributed by atoms with E-state index in [0.717, 1.165) is 19.6 Å². The van der Waals surface area contributed by atoms with Crippen molar-refractivity contribution < 1.29 is 0 Å². The average Bonchev–Trinajstić information content (AvgIpc) is 2.30. The molecule has 0 aromatic heterocycles. The minimum atomic E-state index is 0.966. The van der Waals surface area contributed by atoms with Crippen molar-refractivity contribution in [2.24, 2.45) is 0 Å². The number of hydrogen-bond donors (Lipinski definition) is 0. The smallest absolute Gasteiger partial charge is 0.0163 e. The van der Waals surface area contributed by atoms with Crippen molar-refractivity contribution in [3.8, 4) is 0 Å². The van der Waals surface area contributed by atoms with Gasteiger partial charge in [-0.1, -0.05) is 26.0 Å². The lowest BCUT2D eigenvalue weighted by Gasteiger charge is -2.23. The third kappa shape index (κ3) is 9.13. The zero-order valence-corrected chi connectivity index (χ0v) is 11.8. The van der Waals surface area contributed by atoms with E-state index in [4.69, 9.17) is 0 Å². The molecule has 100 valence electrons. The highest BCUT2D eigenvalue weighted by Gasteiger charge is 2.04. The maximum absolute atomic E-state index is 3.80. The van der Waals surface area contributed by atoms with Gasteiger partial charge in [-0.25, -0.2) is 0 Å². The molecule has 0 heterocycles. The number of rotatable bonds is 12. The Balaban J connectivity index is 3.81. The van der Waals surface area contributed by atoms with E-state index < -0.39 is 0 Å². The molecule has 0 saturated carbocycles. The van der Waals surface area contributed by atoms with Crippen LogP contribution in [0.25, 0.3) is 0 Å². The Labute approximate surface area is 108 Å². The van der Waals surface area contributed by atoms with E-state index in [1.165, 1.54) is 38.9 Å². The van der Waals surface area contributed by atoms with Crippen molar-refractivity contribution in [1.29, 1.82) is 0 Å². The van der Waals surface area contributed by atoms with Gasteiger partial charge in [-0.2, -0.15) is 0 Å². The highest BCUT2D eigenvalue weighted by Crippen LogP contribution is 1.99. The predicted octanol–water partition coefficient (Wildman–Crippen LogP) is 3.17. The van der Waals surface area contributed by atoms with Crippen LogP contribution in [0.4, 0.5) is 0 Å². The van der Waals surface area contributed by atoms with Crippen LogP contribution in [-0.2, 0) is 0 Å². The van der Waals surface area contributed by atoms with Crippen LogP contribution in [0.15, 0.2) is 25.3 Å². The Morgan fingerprint density at radius 3 is 1.65 bits per heavy atom. The van der Waals surface area contributed by atoms with Crippen molar-refractivity contribution in [3.63, 3.8) is 0 Å². The quantitative estimate of drug-likeness (QED) is 0.482. The van der Waals surface area contributed by atoms with Gasteiger partial charge in [0.1, 0.15) is 0 Å². The van der Waals surface area contributed by atoms with Crippen LogP contribution in [0.5, 0.6) is 0 Å². The molecule has 0 aromatic carbocycles. The Kier molecular flexibility index (Phi) is 11.5. The molecule has 0 N–H and O–H groups in total. The van der Waals surface area contributed by atoms with Gasteiger partial charge >= 0.3 is 0 Å². The molecule has 0 aliphatic heterocycles. The summed E-state index contributed by atoms with van der Waals surface area (Å²) in [6, 6.07) is 0. The largest absolute Gasteiger partial charge is 0.303 e. The van der Waals surface area contributed by atoms with Crippen LogP contribution in [0, 0.1) is 0 Å². The fourth-order valence-corrected chi connectivity index (χ4v) is 2.11. The molecule has 0 spiro atoms. The van der Waals surface area contributed by atoms with Crippen LogP contribution in [0.2, 0.25) is 0 Å². The minimum Gasteiger partial charge on any atom is -0.303 e. The molecule has 0 rings (SSSR count). The second kappa shape index (κ2) is 11.9. The van der Waals surface area contributed by atoms with Gasteiger partial charge < -0.3 is 4.90 Å². The van der Waals surface area contributed by atoms with Crippen LogP contribution in [0.1, 0.15) is 33.1 Å². The third-order valence-electron chi connectivity index (χ3n) is 2.80. The maximum Gasteiger partial charge on any atom is 0.0163 e. The fraction of sp³-hybridized carbons (Fsp3) is 0.733. The first-order valence-electron chi connectivity index (χ1n) is 6.94. The van der Waals surface area contributed by atoms with Crippen molar-refractivity contribution in [2.75, 3.05) is 39.3 Å². The first-order valence-corrected chi connectivity index (χ1v) is 6.94. The van der Waals surface area contributed by atoms with Gasteiger partial charge in [-0.3, -0.25) is 4.90 Å². The van der Waals surface area contributed by atoms with E-state index in [2.05, 4.69) is 36.8 Å². The molecule has 0 amide bonds. The van der Waals surface area contributed by atoms with Crippen LogP contribution >= 0.6 is 0 Å². The molecule has 0 saturated heterocycles. The molecule has 0 bridgehead atoms. The van der Waals surface area contributed by atoms with E-state index in [1.54, 1.807) is 0 Å². The molecular formula is C15H30N2. The molecule has 2 heteroatoms. The summed E-state index contributed by atoms with van der Waals surface area (Å²) < 4.78 is 0. The van der Waals surface area contributed by atoms with Crippen molar-refractivity contribution in [1.82, 2.24) is 9.80 Å².